The Morgan fingerprint density at radius 1 is 0.385 bits per heavy atom. The summed E-state index contributed by atoms with van der Waals surface area (Å²) in [7, 11) is 0. The zero-order chi connectivity index (χ0) is 71.2. The number of amides is 8. The molecule has 3 aromatic carbocycles. The van der Waals surface area contributed by atoms with Crippen LogP contribution in [0.15, 0.2) is 91.0 Å². The van der Waals surface area contributed by atoms with Gasteiger partial charge in [-0.25, -0.2) is 4.79 Å². The number of carboxylic acids is 4. The second-order valence-electron chi connectivity index (χ2n) is 25.7. The minimum Gasteiger partial charge on any atom is -0.548 e. The minimum absolute atomic E-state index is 0. The van der Waals surface area contributed by atoms with Crippen molar-refractivity contribution < 1.29 is 695 Å². The monoisotopic (exact) mass is 1870 g/mol. The summed E-state index contributed by atoms with van der Waals surface area (Å²) in [6.45, 7) is 10.1. The third-order valence-electron chi connectivity index (χ3n) is 16.7. The molecule has 0 saturated carbocycles. The van der Waals surface area contributed by atoms with E-state index in [-0.39, 0.29) is 713 Å². The van der Waals surface area contributed by atoms with Crippen LogP contribution in [0.2, 0.25) is 0 Å². The van der Waals surface area contributed by atoms with Crippen molar-refractivity contribution in [2.75, 3.05) is 19.6 Å². The molecule has 3 saturated heterocycles. The molecule has 12 atom stereocenters. The van der Waals surface area contributed by atoms with E-state index in [4.69, 9.17) is 5.73 Å². The Balaban J connectivity index is -0.00000173. The summed E-state index contributed by atoms with van der Waals surface area (Å²) in [5.74, 6) is -10.6. The van der Waals surface area contributed by atoms with Crippen LogP contribution in [-0.2, 0) is 76.8 Å². The van der Waals surface area contributed by atoms with Gasteiger partial charge in [-0.15, -0.1) is 35.3 Å². The third kappa shape index (κ3) is 48.7. The van der Waals surface area contributed by atoms with Crippen LogP contribution in [0.25, 0.3) is 0 Å². The van der Waals surface area contributed by atoms with Gasteiger partial charge in [-0.2, -0.15) is 0 Å². The Bertz CT molecular complexity index is 3300. The predicted molar refractivity (Wildman–Crippen MR) is 358 cm³/mol. The molecule has 530 valence electrons. The largest absolute Gasteiger partial charge is 1.00 e. The first-order valence-electron chi connectivity index (χ1n) is 32.2. The van der Waals surface area contributed by atoms with Gasteiger partial charge in [0.05, 0.1) is 77.5 Å². The van der Waals surface area contributed by atoms with Crippen molar-refractivity contribution in [3.63, 3.8) is 0 Å². The summed E-state index contributed by atoms with van der Waals surface area (Å²) >= 11 is 3.46. The van der Waals surface area contributed by atoms with E-state index in [9.17, 15) is 78.0 Å². The summed E-state index contributed by atoms with van der Waals surface area (Å²) in [6, 6.07) is 15.1. The molecule has 6 rings (SSSR count). The van der Waals surface area contributed by atoms with Gasteiger partial charge in [0.1, 0.15) is 30.2 Å². The third-order valence-corrected chi connectivity index (χ3v) is 21.2. The number of rotatable bonds is 38. The molecule has 0 unspecified atom stereocenters. The fourth-order valence-electron chi connectivity index (χ4n) is 11.4. The summed E-state index contributed by atoms with van der Waals surface area (Å²) < 4.78 is -2.77. The normalized spacial score (nSPS) is 19.2. The topological polar surface area (TPSA) is 453 Å². The molecule has 14 N–H and O–H groups in total. The number of nitrogens with one attached hydrogen (secondary N) is 11. The Hall–Kier alpha value is 11.8. The van der Waals surface area contributed by atoms with Gasteiger partial charge in [-0.3, -0.25) is 54.3 Å². The summed E-state index contributed by atoms with van der Waals surface area (Å²) in [6.07, 6.45) is 0.808. The summed E-state index contributed by atoms with van der Waals surface area (Å²) in [5.41, 5.74) is 8.43. The fraction of sp³-hybridized carbons (Fsp3) is 0.545. The van der Waals surface area contributed by atoms with Gasteiger partial charge in [0.2, 0.25) is 47.3 Å². The molecule has 0 aromatic heterocycles. The van der Waals surface area contributed by atoms with Crippen LogP contribution in [0, 0.1) is 0 Å². The molecule has 109 heavy (non-hydrogen) atoms. The number of nitrogens with two attached hydrogens (primary N) is 1. The second kappa shape index (κ2) is 70.6. The molecule has 8 amide bonds. The number of carbonyl (C=O) groups excluding carboxylic acids is 11. The zero-order valence-corrected chi connectivity index (χ0v) is 107. The molecule has 0 bridgehead atoms. The Kier molecular flexibility index (Phi) is 86.7. The fourth-order valence-corrected chi connectivity index (χ4v) is 15.9. The molecule has 0 radical (unpaired) electrons. The maximum Gasteiger partial charge on any atom is 1.00 e. The smallest absolute Gasteiger partial charge is 0.548 e. The first-order chi connectivity index (χ1) is 45.8. The Labute approximate surface area is 1160 Å². The van der Waals surface area contributed by atoms with Crippen molar-refractivity contribution in [3.05, 3.63) is 108 Å². The van der Waals surface area contributed by atoms with Crippen molar-refractivity contribution in [1.82, 2.24) is 58.5 Å². The first-order valence-corrected chi connectivity index (χ1v) is 34.9. The number of carbonyl (C=O) groups is 12. The average Bonchev–Trinajstić information content (AvgIpc) is 1.66. The molecule has 3 aliphatic rings. The maximum absolute atomic E-state index is 14.2. The van der Waals surface area contributed by atoms with Crippen molar-refractivity contribution in [2.45, 2.75) is 203 Å². The second-order valence-corrected chi connectivity index (χ2v) is 31.1. The van der Waals surface area contributed by atoms with Crippen molar-refractivity contribution in [1.29, 1.82) is 0 Å². The van der Waals surface area contributed by atoms with Crippen LogP contribution in [0.3, 0.4) is 0 Å². The van der Waals surface area contributed by atoms with E-state index in [1.807, 2.05) is 0 Å². The number of benzene rings is 3. The van der Waals surface area contributed by atoms with E-state index in [2.05, 4.69) is 58.5 Å². The Morgan fingerprint density at radius 2 is 0.642 bits per heavy atom. The van der Waals surface area contributed by atoms with Crippen LogP contribution in [0.1, 0.15) is 116 Å². The van der Waals surface area contributed by atoms with Crippen molar-refractivity contribution in [3.8, 4) is 0 Å². The molecule has 3 heterocycles. The zero-order valence-electron chi connectivity index (χ0n) is 67.1. The van der Waals surface area contributed by atoms with Crippen LogP contribution in [0.5, 0.6) is 0 Å². The van der Waals surface area contributed by atoms with Gasteiger partial charge < -0.3 is 83.1 Å². The van der Waals surface area contributed by atoms with E-state index in [0.717, 1.165) is 23.5 Å². The number of hydrogen-bond acceptors (Lipinski definition) is 22. The number of unbranched alkanes of at least 4 members (excludes halogenated alkanes) is 3. The SMILES string of the molecule is CC1(C)S[C@H]([C@H](NC(=O)Cc2ccccc2)C(=O)NCCCC[C@H](NC(=O)[C@H](CCCCNC(=O)[C@@H](NC(=O)Cc2ccccc2)[C@@H]2N[C@@H](C(=O)[O-])C(C)(C)S2)NC(=O)[C@@H](N)CCCCNC(=O)[C@@H](NC(=O)Cc2ccccc2)[C@@H]2N[C@@H](C(=O)[O-])C(C)(C)S2)C(=O)O)N[C@H]1C(=O)[O-].[K+].[K+].[K+].[K+].[K+].[K+].[K+].[K+].[K+].[K+].[K+].[K+]. The molecule has 3 fully saturated rings. The minimum atomic E-state index is -1.50. The molecular weight excluding hydrogens is 1780 g/mol. The van der Waals surface area contributed by atoms with Crippen LogP contribution < -0.4 is 696 Å². The number of aliphatic carboxylic acids is 4. The molecule has 3 aliphatic heterocycles. The standard InChI is InChI=1S/C66H92N12O16S3.12K/c1-64(2)49(61(89)90)76-57(95-64)46(73-43(79)34-37-22-10-7-11-23-37)54(84)68-31-19-16-28-40(67)52(82)71-41(29-17-20-32-69-55(85)47(58-77-50(62(91)92)65(3,4)96-58)74-44(80)35-38-24-12-8-13-25-38)53(83)72-42(60(87)88)30-18-21-33-70-56(86)48(59-78-51(63(93)94)66(5,6)97-59)75-45(81)36-39-26-14-9-15-27-39;;;;;;;;;;;;/h7-15,22-27,40-42,46-51,57-59,76-78H,16-21,28-36,67H2,1-6H3,(H,68,84)(H,69,85)(H,70,86)(H,71,82)(H,72,83)(H,73,79)(H,74,80)(H,75,81)(H,87,88)(H,89,90)(H,91,92)(H,93,94);;;;;;;;;;;;/q;12*+1/p-3/t40-,41-,42-,46+,47+,48+,49-,50-,51-,57+,58+,59+;;;;;;;;;;;;/m0............/s1. The van der Waals surface area contributed by atoms with E-state index in [1.54, 1.807) is 133 Å². The van der Waals surface area contributed by atoms with Crippen molar-refractivity contribution >= 4 is 106 Å². The maximum atomic E-state index is 14.2. The summed E-state index contributed by atoms with van der Waals surface area (Å²) in [5, 5.41) is 74.4. The van der Waals surface area contributed by atoms with Gasteiger partial charge in [-0.05, 0) is 116 Å². The van der Waals surface area contributed by atoms with E-state index in [1.165, 1.54) is 11.8 Å². The number of thioether (sulfide) groups is 3. The van der Waals surface area contributed by atoms with Crippen LogP contribution in [0.4, 0.5) is 0 Å². The van der Waals surface area contributed by atoms with Crippen molar-refractivity contribution in [2.24, 2.45) is 5.73 Å². The molecule has 43 heteroatoms. The van der Waals surface area contributed by atoms with Crippen LogP contribution in [-0.4, -0.2) is 181 Å². The quantitative estimate of drug-likeness (QED) is 0.0187. The van der Waals surface area contributed by atoms with E-state index < -0.39 is 156 Å². The van der Waals surface area contributed by atoms with Gasteiger partial charge in [0.25, 0.3) is 0 Å². The summed E-state index contributed by atoms with van der Waals surface area (Å²) in [4.78, 5) is 158. The van der Waals surface area contributed by atoms with Gasteiger partial charge in [0, 0.05) is 33.9 Å². The molecule has 28 nitrogen and oxygen atoms in total. The van der Waals surface area contributed by atoms with E-state index >= 15 is 0 Å². The predicted octanol–water partition coefficient (Wildman–Crippen LogP) is -38.9. The van der Waals surface area contributed by atoms with Gasteiger partial charge in [0.15, 0.2) is 0 Å². The number of carboxylic acid groups (broad SMARTS) is 4. The van der Waals surface area contributed by atoms with Crippen LogP contribution >= 0.6 is 35.3 Å². The van der Waals surface area contributed by atoms with Gasteiger partial charge >= 0.3 is 623 Å². The first kappa shape index (κ1) is 134. The number of hydrogen-bond donors (Lipinski definition) is 13. The van der Waals surface area contributed by atoms with Gasteiger partial charge in [-0.1, -0.05) is 91.0 Å². The molecule has 0 aliphatic carbocycles. The van der Waals surface area contributed by atoms with E-state index in [0.29, 0.717) is 16.7 Å². The average molecular weight is 1870 g/mol. The molecule has 3 aromatic rings. The Morgan fingerprint density at radius 3 is 0.899 bits per heavy atom. The molecular formula is C66H89K12N12O16S3+9. The molecule has 0 spiro atoms.